The van der Waals surface area contributed by atoms with E-state index in [1.165, 1.54) is 15.6 Å². The predicted molar refractivity (Wildman–Crippen MR) is 90.9 cm³/mol. The molecule has 0 spiro atoms. The van der Waals surface area contributed by atoms with Crippen LogP contribution in [0.25, 0.3) is 10.1 Å². The summed E-state index contributed by atoms with van der Waals surface area (Å²) in [5, 5.41) is 3.48. The zero-order valence-electron chi connectivity index (χ0n) is 11.3. The van der Waals surface area contributed by atoms with Gasteiger partial charge in [0.25, 0.3) is 0 Å². The quantitative estimate of drug-likeness (QED) is 0.648. The van der Waals surface area contributed by atoms with Gasteiger partial charge >= 0.3 is 0 Å². The molecule has 0 aliphatic carbocycles. The Labute approximate surface area is 135 Å². The van der Waals surface area contributed by atoms with Crippen LogP contribution in [0.2, 0.25) is 0 Å². The number of halogens is 1. The van der Waals surface area contributed by atoms with Crippen molar-refractivity contribution in [3.05, 3.63) is 63.4 Å². The SMILES string of the molecule is N[C@H]1CC(c2csc3ccccc23)Oc2ccc(Br)cc21. The van der Waals surface area contributed by atoms with Crippen LogP contribution in [0.3, 0.4) is 0 Å². The number of hydrogen-bond donors (Lipinski definition) is 1. The van der Waals surface area contributed by atoms with Crippen molar-refractivity contribution >= 4 is 37.4 Å². The lowest BCUT2D eigenvalue weighted by molar-refractivity contribution is 0.163. The van der Waals surface area contributed by atoms with E-state index in [1.807, 2.05) is 12.1 Å². The van der Waals surface area contributed by atoms with Gasteiger partial charge in [0, 0.05) is 32.8 Å². The van der Waals surface area contributed by atoms with Gasteiger partial charge in [0.2, 0.25) is 0 Å². The van der Waals surface area contributed by atoms with Crippen molar-refractivity contribution in [3.63, 3.8) is 0 Å². The fourth-order valence-electron chi connectivity index (χ4n) is 2.91. The van der Waals surface area contributed by atoms with Crippen LogP contribution in [-0.4, -0.2) is 0 Å². The highest BCUT2D eigenvalue weighted by Crippen LogP contribution is 2.43. The zero-order valence-corrected chi connectivity index (χ0v) is 13.7. The highest BCUT2D eigenvalue weighted by molar-refractivity contribution is 9.10. The Morgan fingerprint density at radius 3 is 2.90 bits per heavy atom. The minimum atomic E-state index is 0.00918. The highest BCUT2D eigenvalue weighted by atomic mass is 79.9. The summed E-state index contributed by atoms with van der Waals surface area (Å²) < 4.78 is 8.55. The molecule has 2 aromatic carbocycles. The molecule has 0 saturated heterocycles. The van der Waals surface area contributed by atoms with Crippen LogP contribution >= 0.6 is 27.3 Å². The molecule has 1 aliphatic rings. The number of ether oxygens (including phenoxy) is 1. The van der Waals surface area contributed by atoms with Crippen molar-refractivity contribution in [2.45, 2.75) is 18.6 Å². The summed E-state index contributed by atoms with van der Waals surface area (Å²) in [6.45, 7) is 0. The average Bonchev–Trinajstić information content (AvgIpc) is 2.92. The molecule has 0 amide bonds. The number of rotatable bonds is 1. The molecule has 0 radical (unpaired) electrons. The third-order valence-corrected chi connectivity index (χ3v) is 5.44. The smallest absolute Gasteiger partial charge is 0.127 e. The number of fused-ring (bicyclic) bond motifs is 2. The first-order valence-corrected chi connectivity index (χ1v) is 8.57. The molecule has 2 heterocycles. The summed E-state index contributed by atoms with van der Waals surface area (Å²) in [5.74, 6) is 0.900. The highest BCUT2D eigenvalue weighted by Gasteiger charge is 2.28. The van der Waals surface area contributed by atoms with Crippen LogP contribution in [0.5, 0.6) is 5.75 Å². The number of hydrogen-bond acceptors (Lipinski definition) is 3. The van der Waals surface area contributed by atoms with Gasteiger partial charge in [0.1, 0.15) is 11.9 Å². The summed E-state index contributed by atoms with van der Waals surface area (Å²) in [4.78, 5) is 0. The molecule has 21 heavy (non-hydrogen) atoms. The van der Waals surface area contributed by atoms with E-state index in [0.29, 0.717) is 0 Å². The Hall–Kier alpha value is -1.36. The van der Waals surface area contributed by atoms with E-state index >= 15 is 0 Å². The van der Waals surface area contributed by atoms with Gasteiger partial charge in [0.05, 0.1) is 0 Å². The molecule has 0 saturated carbocycles. The molecule has 3 aromatic rings. The van der Waals surface area contributed by atoms with Gasteiger partial charge < -0.3 is 10.5 Å². The third kappa shape index (κ3) is 2.27. The van der Waals surface area contributed by atoms with E-state index in [-0.39, 0.29) is 12.1 Å². The maximum atomic E-state index is 6.36. The molecule has 0 bridgehead atoms. The summed E-state index contributed by atoms with van der Waals surface area (Å²) in [7, 11) is 0. The molecule has 1 aliphatic heterocycles. The zero-order chi connectivity index (χ0) is 14.4. The van der Waals surface area contributed by atoms with Crippen molar-refractivity contribution < 1.29 is 4.74 Å². The van der Waals surface area contributed by atoms with Gasteiger partial charge in [-0.1, -0.05) is 34.1 Å². The van der Waals surface area contributed by atoms with Gasteiger partial charge in [-0.25, -0.2) is 0 Å². The van der Waals surface area contributed by atoms with Crippen LogP contribution in [0, 0.1) is 0 Å². The number of thiophene rings is 1. The van der Waals surface area contributed by atoms with Gasteiger partial charge in [0.15, 0.2) is 0 Å². The van der Waals surface area contributed by atoms with Crippen LogP contribution in [-0.2, 0) is 0 Å². The summed E-state index contributed by atoms with van der Waals surface area (Å²) in [6, 6.07) is 14.5. The first-order chi connectivity index (χ1) is 10.2. The minimum Gasteiger partial charge on any atom is -0.485 e. The molecule has 106 valence electrons. The van der Waals surface area contributed by atoms with Gasteiger partial charge in [-0.15, -0.1) is 11.3 Å². The molecule has 2 atom stereocenters. The molecule has 4 rings (SSSR count). The van der Waals surface area contributed by atoms with E-state index in [4.69, 9.17) is 10.5 Å². The molecular weight excluding hydrogens is 346 g/mol. The minimum absolute atomic E-state index is 0.00918. The molecular formula is C17H14BrNOS. The van der Waals surface area contributed by atoms with Crippen molar-refractivity contribution in [1.82, 2.24) is 0 Å². The summed E-state index contributed by atoms with van der Waals surface area (Å²) >= 11 is 5.26. The molecule has 0 fully saturated rings. The number of benzene rings is 2. The van der Waals surface area contributed by atoms with Crippen LogP contribution in [0.15, 0.2) is 52.3 Å². The van der Waals surface area contributed by atoms with E-state index in [9.17, 15) is 0 Å². The largest absolute Gasteiger partial charge is 0.485 e. The lowest BCUT2D eigenvalue weighted by atomic mass is 9.93. The Morgan fingerprint density at radius 1 is 1.14 bits per heavy atom. The van der Waals surface area contributed by atoms with E-state index in [1.54, 1.807) is 11.3 Å². The van der Waals surface area contributed by atoms with Crippen LogP contribution in [0.4, 0.5) is 0 Å². The molecule has 2 N–H and O–H groups in total. The fourth-order valence-corrected chi connectivity index (χ4v) is 4.29. The van der Waals surface area contributed by atoms with Crippen molar-refractivity contribution in [2.75, 3.05) is 0 Å². The van der Waals surface area contributed by atoms with E-state index in [0.717, 1.165) is 22.2 Å². The predicted octanol–water partition coefficient (Wildman–Crippen LogP) is 5.19. The monoisotopic (exact) mass is 359 g/mol. The van der Waals surface area contributed by atoms with Gasteiger partial charge in [-0.2, -0.15) is 0 Å². The van der Waals surface area contributed by atoms with Gasteiger partial charge in [-0.3, -0.25) is 0 Å². The second-order valence-electron chi connectivity index (χ2n) is 5.32. The van der Waals surface area contributed by atoms with Crippen molar-refractivity contribution in [2.24, 2.45) is 5.73 Å². The molecule has 1 aromatic heterocycles. The van der Waals surface area contributed by atoms with Gasteiger partial charge in [-0.05, 0) is 35.0 Å². The fraction of sp³-hybridized carbons (Fsp3) is 0.176. The summed E-state index contributed by atoms with van der Waals surface area (Å²) in [5.41, 5.74) is 8.69. The van der Waals surface area contributed by atoms with Crippen molar-refractivity contribution in [3.8, 4) is 5.75 Å². The molecule has 4 heteroatoms. The standard InChI is InChI=1S/C17H14BrNOS/c18-10-5-6-15-12(7-10)14(19)8-16(20-15)13-9-21-17-4-2-1-3-11(13)17/h1-7,9,14,16H,8,19H2/t14-,16?/m0/s1. The average molecular weight is 360 g/mol. The first kappa shape index (κ1) is 13.3. The van der Waals surface area contributed by atoms with Crippen LogP contribution < -0.4 is 10.5 Å². The Morgan fingerprint density at radius 2 is 2.00 bits per heavy atom. The topological polar surface area (TPSA) is 35.2 Å². The maximum absolute atomic E-state index is 6.36. The lowest BCUT2D eigenvalue weighted by Crippen LogP contribution is -2.24. The molecule has 2 nitrogen and oxygen atoms in total. The Bertz CT molecular complexity index is 813. The third-order valence-electron chi connectivity index (χ3n) is 3.97. The second kappa shape index (κ2) is 5.13. The maximum Gasteiger partial charge on any atom is 0.127 e. The first-order valence-electron chi connectivity index (χ1n) is 6.90. The second-order valence-corrected chi connectivity index (χ2v) is 7.14. The van der Waals surface area contributed by atoms with E-state index in [2.05, 4.69) is 51.6 Å². The number of nitrogens with two attached hydrogens (primary N) is 1. The normalized spacial score (nSPS) is 21.0. The van der Waals surface area contributed by atoms with E-state index < -0.39 is 0 Å². The van der Waals surface area contributed by atoms with Crippen LogP contribution in [0.1, 0.15) is 29.7 Å². The molecule has 1 unspecified atom stereocenters. The Balaban J connectivity index is 1.76. The Kier molecular flexibility index (Phi) is 3.25. The summed E-state index contributed by atoms with van der Waals surface area (Å²) in [6.07, 6.45) is 0.842. The lowest BCUT2D eigenvalue weighted by Gasteiger charge is -2.30. The van der Waals surface area contributed by atoms with Crippen molar-refractivity contribution in [1.29, 1.82) is 0 Å².